The van der Waals surface area contributed by atoms with Gasteiger partial charge in [-0.15, -0.1) is 23.5 Å². The monoisotopic (exact) mass is 334 g/mol. The molecule has 1 aliphatic heterocycles. The van der Waals surface area contributed by atoms with Crippen LogP contribution in [0.1, 0.15) is 35.8 Å². The quantitative estimate of drug-likeness (QED) is 0.834. The largest absolute Gasteiger partial charge is 0.335 e. The van der Waals surface area contributed by atoms with Gasteiger partial charge in [0.2, 0.25) is 0 Å². The lowest BCUT2D eigenvalue weighted by molar-refractivity contribution is 0.245. The molecule has 2 aliphatic carbocycles. The molecule has 0 aromatic heterocycles. The van der Waals surface area contributed by atoms with E-state index in [1.165, 1.54) is 42.8 Å². The first-order valence-corrected chi connectivity index (χ1v) is 10.3. The maximum Gasteiger partial charge on any atom is 0.319 e. The van der Waals surface area contributed by atoms with Crippen LogP contribution in [-0.2, 0) is 0 Å². The Morgan fingerprint density at radius 3 is 2.41 bits per heavy atom. The summed E-state index contributed by atoms with van der Waals surface area (Å²) < 4.78 is 0.524. The van der Waals surface area contributed by atoms with Gasteiger partial charge in [-0.2, -0.15) is 0 Å². The lowest BCUT2D eigenvalue weighted by Gasteiger charge is -2.18. The molecule has 3 fully saturated rings. The summed E-state index contributed by atoms with van der Waals surface area (Å²) in [6, 6.07) is 8.69. The van der Waals surface area contributed by atoms with Crippen LogP contribution in [0.2, 0.25) is 0 Å². The molecule has 2 N–H and O–H groups in total. The number of benzene rings is 1. The molecule has 1 saturated heterocycles. The van der Waals surface area contributed by atoms with Crippen LogP contribution in [-0.4, -0.2) is 23.6 Å². The molecular weight excluding hydrogens is 312 g/mol. The number of carbonyl (C=O) groups excluding carboxylic acids is 1. The molecule has 1 aromatic rings. The maximum atomic E-state index is 12.3. The Bertz CT molecular complexity index is 539. The second-order valence-corrected chi connectivity index (χ2v) is 9.22. The third kappa shape index (κ3) is 3.57. The van der Waals surface area contributed by atoms with Gasteiger partial charge in [-0.3, -0.25) is 0 Å². The summed E-state index contributed by atoms with van der Waals surface area (Å²) in [6.45, 7) is 0. The standard InChI is InChI=1S/C17H22N2OS2/c20-17(19-15(11-4-5-11)12-6-7-12)18-14-3-1-2-13(10-14)16-21-8-9-22-16/h1-3,10-12,15-16H,4-9H2,(H2,18,19,20). The van der Waals surface area contributed by atoms with Crippen molar-refractivity contribution in [2.45, 2.75) is 36.3 Å². The zero-order valence-electron chi connectivity index (χ0n) is 12.6. The van der Waals surface area contributed by atoms with Gasteiger partial charge in [0.1, 0.15) is 0 Å². The normalized spacial score (nSPS) is 22.0. The van der Waals surface area contributed by atoms with E-state index in [2.05, 4.69) is 22.8 Å². The maximum absolute atomic E-state index is 12.3. The summed E-state index contributed by atoms with van der Waals surface area (Å²) in [5.74, 6) is 3.90. The first-order chi connectivity index (χ1) is 10.8. The minimum Gasteiger partial charge on any atom is -0.335 e. The Balaban J connectivity index is 1.37. The van der Waals surface area contributed by atoms with Gasteiger partial charge in [0.25, 0.3) is 0 Å². The molecule has 118 valence electrons. The van der Waals surface area contributed by atoms with Gasteiger partial charge in [-0.25, -0.2) is 4.79 Å². The molecule has 22 heavy (non-hydrogen) atoms. The molecule has 0 radical (unpaired) electrons. The van der Waals surface area contributed by atoms with Crippen LogP contribution in [0.3, 0.4) is 0 Å². The van der Waals surface area contributed by atoms with E-state index >= 15 is 0 Å². The number of anilines is 1. The van der Waals surface area contributed by atoms with Crippen LogP contribution in [0.4, 0.5) is 10.5 Å². The minimum absolute atomic E-state index is 0.0346. The first-order valence-electron chi connectivity index (χ1n) is 8.20. The first kappa shape index (κ1) is 14.8. The van der Waals surface area contributed by atoms with E-state index in [0.717, 1.165) is 17.5 Å². The fourth-order valence-electron chi connectivity index (χ4n) is 3.16. The number of rotatable bonds is 5. The van der Waals surface area contributed by atoms with Crippen LogP contribution in [0, 0.1) is 11.8 Å². The van der Waals surface area contributed by atoms with Gasteiger partial charge < -0.3 is 10.6 Å². The molecule has 5 heteroatoms. The van der Waals surface area contributed by atoms with Crippen molar-refractivity contribution in [1.29, 1.82) is 0 Å². The second kappa shape index (κ2) is 6.36. The highest BCUT2D eigenvalue weighted by Crippen LogP contribution is 2.46. The van der Waals surface area contributed by atoms with Crippen LogP contribution in [0.25, 0.3) is 0 Å². The molecule has 0 unspecified atom stereocenters. The molecule has 0 atom stereocenters. The molecular formula is C17H22N2OS2. The summed E-state index contributed by atoms with van der Waals surface area (Å²) in [7, 11) is 0. The van der Waals surface area contributed by atoms with Crippen molar-refractivity contribution in [3.8, 4) is 0 Å². The molecule has 4 rings (SSSR count). The van der Waals surface area contributed by atoms with Crippen molar-refractivity contribution >= 4 is 35.2 Å². The fraction of sp³-hybridized carbons (Fsp3) is 0.588. The zero-order valence-corrected chi connectivity index (χ0v) is 14.2. The number of hydrogen-bond acceptors (Lipinski definition) is 3. The number of amides is 2. The zero-order chi connectivity index (χ0) is 14.9. The molecule has 2 amide bonds. The Kier molecular flexibility index (Phi) is 4.27. The van der Waals surface area contributed by atoms with Crippen molar-refractivity contribution < 1.29 is 4.79 Å². The molecule has 3 nitrogen and oxygen atoms in total. The molecule has 1 heterocycles. The van der Waals surface area contributed by atoms with Crippen LogP contribution < -0.4 is 10.6 Å². The number of carbonyl (C=O) groups is 1. The SMILES string of the molecule is O=C(Nc1cccc(C2SCCS2)c1)NC(C1CC1)C1CC1. The molecule has 3 aliphatic rings. The van der Waals surface area contributed by atoms with Gasteiger partial charge in [0.15, 0.2) is 0 Å². The Morgan fingerprint density at radius 1 is 1.09 bits per heavy atom. The third-order valence-electron chi connectivity index (χ3n) is 4.60. The molecule has 1 aromatic carbocycles. The van der Waals surface area contributed by atoms with Gasteiger partial charge in [0, 0.05) is 23.2 Å². The van der Waals surface area contributed by atoms with Gasteiger partial charge in [-0.05, 0) is 55.2 Å². The van der Waals surface area contributed by atoms with E-state index in [9.17, 15) is 4.79 Å². The van der Waals surface area contributed by atoms with E-state index in [4.69, 9.17) is 0 Å². The summed E-state index contributed by atoms with van der Waals surface area (Å²) >= 11 is 3.99. The summed E-state index contributed by atoms with van der Waals surface area (Å²) in [5, 5.41) is 6.25. The van der Waals surface area contributed by atoms with Crippen molar-refractivity contribution in [2.75, 3.05) is 16.8 Å². The minimum atomic E-state index is -0.0346. The Labute approximate surface area is 140 Å². The third-order valence-corrected chi connectivity index (χ3v) is 7.70. The number of urea groups is 1. The summed E-state index contributed by atoms with van der Waals surface area (Å²) in [5.41, 5.74) is 2.22. The van der Waals surface area contributed by atoms with Crippen LogP contribution in [0.15, 0.2) is 24.3 Å². The Morgan fingerprint density at radius 2 is 1.77 bits per heavy atom. The van der Waals surface area contributed by atoms with E-state index in [-0.39, 0.29) is 6.03 Å². The molecule has 0 spiro atoms. The van der Waals surface area contributed by atoms with Crippen molar-refractivity contribution in [3.05, 3.63) is 29.8 Å². The average Bonchev–Trinajstić information content (AvgIpc) is 3.45. The predicted octanol–water partition coefficient (Wildman–Crippen LogP) is 4.48. The molecule has 0 bridgehead atoms. The second-order valence-electron chi connectivity index (χ2n) is 6.50. The fourth-order valence-corrected chi connectivity index (χ4v) is 6.00. The Hall–Kier alpha value is -0.810. The van der Waals surface area contributed by atoms with E-state index in [1.54, 1.807) is 0 Å². The van der Waals surface area contributed by atoms with Crippen molar-refractivity contribution in [1.82, 2.24) is 5.32 Å². The smallest absolute Gasteiger partial charge is 0.319 e. The number of hydrogen-bond donors (Lipinski definition) is 2. The predicted molar refractivity (Wildman–Crippen MR) is 95.5 cm³/mol. The van der Waals surface area contributed by atoms with E-state index < -0.39 is 0 Å². The number of nitrogens with one attached hydrogen (secondary N) is 2. The van der Waals surface area contributed by atoms with Gasteiger partial charge in [-0.1, -0.05) is 12.1 Å². The van der Waals surface area contributed by atoms with Crippen molar-refractivity contribution in [3.63, 3.8) is 0 Å². The van der Waals surface area contributed by atoms with Crippen LogP contribution >= 0.6 is 23.5 Å². The summed E-state index contributed by atoms with van der Waals surface area (Å²) in [4.78, 5) is 12.3. The number of thioether (sulfide) groups is 2. The highest BCUT2D eigenvalue weighted by Gasteiger charge is 2.42. The van der Waals surface area contributed by atoms with E-state index in [1.807, 2.05) is 35.7 Å². The highest BCUT2D eigenvalue weighted by atomic mass is 32.2. The van der Waals surface area contributed by atoms with Crippen molar-refractivity contribution in [2.24, 2.45) is 11.8 Å². The van der Waals surface area contributed by atoms with Gasteiger partial charge >= 0.3 is 6.03 Å². The lowest BCUT2D eigenvalue weighted by Crippen LogP contribution is -2.40. The average molecular weight is 335 g/mol. The summed E-state index contributed by atoms with van der Waals surface area (Å²) in [6.07, 6.45) is 5.14. The highest BCUT2D eigenvalue weighted by molar-refractivity contribution is 8.19. The lowest BCUT2D eigenvalue weighted by atomic mass is 10.1. The topological polar surface area (TPSA) is 41.1 Å². The molecule has 2 saturated carbocycles. The van der Waals surface area contributed by atoms with E-state index in [0.29, 0.717) is 10.6 Å². The van der Waals surface area contributed by atoms with Crippen LogP contribution in [0.5, 0.6) is 0 Å². The van der Waals surface area contributed by atoms with Gasteiger partial charge in [0.05, 0.1) is 4.58 Å².